The van der Waals surface area contributed by atoms with E-state index in [1.54, 1.807) is 0 Å². The third-order valence-corrected chi connectivity index (χ3v) is 5.70. The minimum absolute atomic E-state index is 0.0680. The standard InChI is InChI=1S/C14H16F3N5.C12H19N5.C3H3F3O2/c1-9(7-8-10-5-3-2-4-6-10)19-13-21-11(14(15,16)17)20-12(18)22-13;1-9(16-12(15)17-11(13)14)7-8-10-5-3-2-4-6-10;1-8-2(7)3(4,5)6/h2-6,9H,7-8H2,1H3,(H3,18,19,20,21,22);2-6,9H,7-8H2,1H3,(H6,13,14,15,16,17);1H3. The number of guanidine groups is 2. The number of ether oxygens (including phenoxy) is 1. The van der Waals surface area contributed by atoms with Crippen LogP contribution in [0.3, 0.4) is 0 Å². The lowest BCUT2D eigenvalue weighted by Gasteiger charge is -2.15. The van der Waals surface area contributed by atoms with E-state index in [-0.39, 0.29) is 30.0 Å². The molecule has 258 valence electrons. The summed E-state index contributed by atoms with van der Waals surface area (Å²) < 4.78 is 74.1. The molecule has 0 spiro atoms. The van der Waals surface area contributed by atoms with Crippen molar-refractivity contribution >= 4 is 29.8 Å². The number of carbonyl (C=O) groups excluding carboxylic acids is 1. The lowest BCUT2D eigenvalue weighted by molar-refractivity contribution is -0.196. The fraction of sp³-hybridized carbons (Fsp3) is 0.379. The summed E-state index contributed by atoms with van der Waals surface area (Å²) in [7, 11) is 0.676. The maximum absolute atomic E-state index is 12.6. The van der Waals surface area contributed by atoms with Gasteiger partial charge in [0, 0.05) is 6.04 Å². The highest BCUT2D eigenvalue weighted by atomic mass is 19.4. The van der Waals surface area contributed by atoms with Crippen LogP contribution in [0, 0.1) is 0 Å². The summed E-state index contributed by atoms with van der Waals surface area (Å²) >= 11 is 0. The Bertz CT molecular complexity index is 1420. The number of nitrogens with zero attached hydrogens (tertiary/aromatic N) is 5. The number of hydrogen-bond acceptors (Lipinski definition) is 8. The van der Waals surface area contributed by atoms with E-state index in [0.29, 0.717) is 7.11 Å². The number of carbonyl (C=O) groups is 1. The number of hydrogen-bond donors (Lipinski definition) is 5. The van der Waals surface area contributed by atoms with Crippen LogP contribution in [-0.2, 0) is 28.5 Å². The first-order chi connectivity index (χ1) is 21.9. The molecule has 47 heavy (non-hydrogen) atoms. The number of methoxy groups -OCH3 is 1. The molecule has 0 fully saturated rings. The van der Waals surface area contributed by atoms with E-state index < -0.39 is 30.1 Å². The highest BCUT2D eigenvalue weighted by Crippen LogP contribution is 2.27. The van der Waals surface area contributed by atoms with Crippen molar-refractivity contribution in [1.82, 2.24) is 15.0 Å². The number of benzene rings is 2. The second-order valence-electron chi connectivity index (χ2n) is 9.79. The lowest BCUT2D eigenvalue weighted by Crippen LogP contribution is -2.27. The third-order valence-electron chi connectivity index (χ3n) is 5.70. The van der Waals surface area contributed by atoms with Gasteiger partial charge in [-0.15, -0.1) is 0 Å². The molecule has 1 heterocycles. The number of esters is 1. The molecule has 3 rings (SSSR count). The zero-order chi connectivity index (χ0) is 35.6. The molecule has 3 aromatic rings. The SMILES string of the molecule is CC(CCc1ccccc1)N=C(N)N=C(N)N.CC(CCc1ccccc1)Nc1nc(N)nc(C(F)(F)F)n1.COC(=O)C(F)(F)F. The molecule has 0 aliphatic rings. The van der Waals surface area contributed by atoms with Crippen LogP contribution in [0.5, 0.6) is 0 Å². The van der Waals surface area contributed by atoms with Crippen LogP contribution in [0.4, 0.5) is 38.2 Å². The van der Waals surface area contributed by atoms with Gasteiger partial charge in [0.05, 0.1) is 13.2 Å². The molecule has 2 unspecified atom stereocenters. The van der Waals surface area contributed by atoms with Crippen LogP contribution >= 0.6 is 0 Å². The summed E-state index contributed by atoms with van der Waals surface area (Å²) in [4.78, 5) is 27.5. The minimum Gasteiger partial charge on any atom is -0.462 e. The Hall–Kier alpha value is -5.16. The number of aliphatic imine (C=N–C) groups is 2. The van der Waals surface area contributed by atoms with Crippen molar-refractivity contribution in [3.63, 3.8) is 0 Å². The van der Waals surface area contributed by atoms with Crippen molar-refractivity contribution in [1.29, 1.82) is 0 Å². The molecule has 0 aliphatic carbocycles. The number of rotatable bonds is 9. The van der Waals surface area contributed by atoms with Crippen molar-refractivity contribution in [2.45, 2.75) is 64.0 Å². The van der Waals surface area contributed by atoms with Crippen LogP contribution < -0.4 is 28.3 Å². The van der Waals surface area contributed by atoms with Gasteiger partial charge in [0.25, 0.3) is 0 Å². The van der Waals surface area contributed by atoms with E-state index in [2.05, 4.69) is 47.1 Å². The van der Waals surface area contributed by atoms with E-state index in [4.69, 9.17) is 22.9 Å². The van der Waals surface area contributed by atoms with Gasteiger partial charge in [0.2, 0.25) is 23.7 Å². The fourth-order valence-corrected chi connectivity index (χ4v) is 3.49. The number of aromatic nitrogens is 3. The smallest absolute Gasteiger partial charge is 0.462 e. The monoisotopic (exact) mass is 672 g/mol. The number of nitrogens with one attached hydrogen (secondary N) is 1. The molecule has 0 amide bonds. The molecule has 12 nitrogen and oxygen atoms in total. The van der Waals surface area contributed by atoms with Gasteiger partial charge in [-0.05, 0) is 50.7 Å². The number of nitrogens with two attached hydrogens (primary N) is 4. The molecule has 1 aromatic heterocycles. The van der Waals surface area contributed by atoms with Crippen LogP contribution in [0.1, 0.15) is 43.6 Å². The highest BCUT2D eigenvalue weighted by Gasteiger charge is 2.40. The topological polar surface area (TPSA) is 206 Å². The quantitative estimate of drug-likeness (QED) is 0.0947. The first-order valence-electron chi connectivity index (χ1n) is 13.9. The van der Waals surface area contributed by atoms with E-state index in [1.165, 1.54) is 5.56 Å². The Morgan fingerprint density at radius 3 is 1.79 bits per heavy atom. The Balaban J connectivity index is 0.000000392. The van der Waals surface area contributed by atoms with Crippen molar-refractivity contribution < 1.29 is 35.9 Å². The second kappa shape index (κ2) is 19.4. The second-order valence-corrected chi connectivity index (χ2v) is 9.79. The van der Waals surface area contributed by atoms with Crippen molar-refractivity contribution in [3.8, 4) is 0 Å². The summed E-state index contributed by atoms with van der Waals surface area (Å²) in [6.07, 6.45) is -6.13. The van der Waals surface area contributed by atoms with Gasteiger partial charge >= 0.3 is 18.3 Å². The molecular weight excluding hydrogens is 634 g/mol. The van der Waals surface area contributed by atoms with E-state index in [9.17, 15) is 31.1 Å². The summed E-state index contributed by atoms with van der Waals surface area (Å²) in [5.74, 6) is -4.03. The van der Waals surface area contributed by atoms with E-state index in [0.717, 1.165) is 31.2 Å². The summed E-state index contributed by atoms with van der Waals surface area (Å²) in [5.41, 5.74) is 23.7. The fourth-order valence-electron chi connectivity index (χ4n) is 3.49. The first-order valence-corrected chi connectivity index (χ1v) is 13.9. The zero-order valence-electron chi connectivity index (χ0n) is 25.9. The van der Waals surface area contributed by atoms with Gasteiger partial charge in [-0.25, -0.2) is 9.79 Å². The molecule has 9 N–H and O–H groups in total. The molecule has 0 saturated carbocycles. The molecule has 0 saturated heterocycles. The number of halogens is 6. The molecule has 0 aliphatic heterocycles. The largest absolute Gasteiger partial charge is 0.490 e. The maximum Gasteiger partial charge on any atom is 0.490 e. The number of anilines is 2. The summed E-state index contributed by atoms with van der Waals surface area (Å²) in [6.45, 7) is 3.83. The third kappa shape index (κ3) is 17.8. The van der Waals surface area contributed by atoms with Crippen molar-refractivity contribution in [2.24, 2.45) is 27.2 Å². The molecule has 2 atom stereocenters. The minimum atomic E-state index is -4.85. The van der Waals surface area contributed by atoms with Crippen LogP contribution in [0.15, 0.2) is 70.6 Å². The summed E-state index contributed by atoms with van der Waals surface area (Å²) in [5, 5.41) is 2.82. The van der Waals surface area contributed by atoms with Crippen molar-refractivity contribution in [2.75, 3.05) is 18.2 Å². The van der Waals surface area contributed by atoms with E-state index in [1.807, 2.05) is 62.4 Å². The molecule has 0 bridgehead atoms. The normalized spacial score (nSPS) is 12.7. The first kappa shape index (κ1) is 39.9. The van der Waals surface area contributed by atoms with Gasteiger partial charge in [-0.3, -0.25) is 0 Å². The average molecular weight is 673 g/mol. The van der Waals surface area contributed by atoms with Crippen LogP contribution in [0.25, 0.3) is 0 Å². The predicted molar refractivity (Wildman–Crippen MR) is 167 cm³/mol. The Morgan fingerprint density at radius 1 is 0.851 bits per heavy atom. The van der Waals surface area contributed by atoms with Gasteiger partial charge in [-0.2, -0.15) is 46.3 Å². The van der Waals surface area contributed by atoms with Crippen LogP contribution in [0.2, 0.25) is 0 Å². The van der Waals surface area contributed by atoms with Gasteiger partial charge in [0.1, 0.15) is 0 Å². The predicted octanol–water partition coefficient (Wildman–Crippen LogP) is 4.22. The lowest BCUT2D eigenvalue weighted by atomic mass is 10.1. The Kier molecular flexibility index (Phi) is 16.4. The maximum atomic E-state index is 12.6. The Morgan fingerprint density at radius 2 is 1.36 bits per heavy atom. The zero-order valence-corrected chi connectivity index (χ0v) is 25.9. The highest BCUT2D eigenvalue weighted by molar-refractivity contribution is 5.92. The van der Waals surface area contributed by atoms with Gasteiger partial charge < -0.3 is 33.0 Å². The van der Waals surface area contributed by atoms with Crippen molar-refractivity contribution in [3.05, 3.63) is 77.6 Å². The summed E-state index contributed by atoms with van der Waals surface area (Å²) in [6, 6.07) is 20.0. The van der Waals surface area contributed by atoms with Crippen LogP contribution in [-0.4, -0.2) is 58.2 Å². The Labute approximate surface area is 267 Å². The van der Waals surface area contributed by atoms with Gasteiger partial charge in [0.15, 0.2) is 5.96 Å². The number of aryl methyl sites for hydroxylation is 2. The molecular formula is C29H38F6N10O2. The number of alkyl halides is 6. The molecule has 0 radical (unpaired) electrons. The molecule has 2 aromatic carbocycles. The van der Waals surface area contributed by atoms with E-state index >= 15 is 0 Å². The van der Waals surface area contributed by atoms with Gasteiger partial charge in [-0.1, -0.05) is 60.7 Å². The molecule has 18 heteroatoms. The number of nitrogen functional groups attached to an aromatic ring is 1. The average Bonchev–Trinajstić information content (AvgIpc) is 2.98.